The van der Waals surface area contributed by atoms with Gasteiger partial charge in [-0.25, -0.2) is 0 Å². The number of rotatable bonds is 5. The van der Waals surface area contributed by atoms with Gasteiger partial charge < -0.3 is 10.1 Å². The third-order valence-electron chi connectivity index (χ3n) is 3.97. The van der Waals surface area contributed by atoms with Crippen molar-refractivity contribution in [1.29, 1.82) is 0 Å². The fourth-order valence-electron chi connectivity index (χ4n) is 2.91. The Morgan fingerprint density at radius 2 is 2.05 bits per heavy atom. The van der Waals surface area contributed by atoms with Crippen molar-refractivity contribution in [3.63, 3.8) is 0 Å². The maximum absolute atomic E-state index is 6.11. The van der Waals surface area contributed by atoms with E-state index in [1.807, 2.05) is 0 Å². The van der Waals surface area contributed by atoms with Gasteiger partial charge in [-0.1, -0.05) is 39.0 Å². The second-order valence-corrected chi connectivity index (χ2v) is 6.58. The van der Waals surface area contributed by atoms with Gasteiger partial charge in [-0.15, -0.1) is 0 Å². The summed E-state index contributed by atoms with van der Waals surface area (Å²) >= 11 is 0. The molecular weight excluding hydrogens is 234 g/mol. The lowest BCUT2D eigenvalue weighted by Crippen LogP contribution is -2.32. The number of para-hydroxylation sites is 1. The number of nitrogens with one attached hydrogen (secondary N) is 1. The summed E-state index contributed by atoms with van der Waals surface area (Å²) in [5, 5.41) is 3.66. The Morgan fingerprint density at radius 1 is 1.32 bits per heavy atom. The van der Waals surface area contributed by atoms with E-state index >= 15 is 0 Å². The van der Waals surface area contributed by atoms with Gasteiger partial charge in [0, 0.05) is 24.6 Å². The Labute approximate surface area is 117 Å². The quantitative estimate of drug-likeness (QED) is 0.867. The molecule has 1 unspecified atom stereocenters. The Balaban J connectivity index is 2.09. The summed E-state index contributed by atoms with van der Waals surface area (Å²) in [4.78, 5) is 0. The molecule has 0 aliphatic carbocycles. The maximum atomic E-state index is 6.11. The molecule has 1 aliphatic rings. The standard InChI is InChI=1S/C17H27NO/c1-6-15(12(2)3)18-11-14-9-7-8-13-10-17(4,5)19-16(13)14/h7-9,12,15,18H,6,10-11H2,1-5H3. The van der Waals surface area contributed by atoms with E-state index < -0.39 is 0 Å². The molecule has 0 saturated carbocycles. The lowest BCUT2D eigenvalue weighted by Gasteiger charge is -2.22. The first-order chi connectivity index (χ1) is 8.93. The molecule has 0 fully saturated rings. The molecule has 1 N–H and O–H groups in total. The summed E-state index contributed by atoms with van der Waals surface area (Å²) in [6, 6.07) is 7.09. The fraction of sp³-hybridized carbons (Fsp3) is 0.647. The van der Waals surface area contributed by atoms with Crippen LogP contribution in [0, 0.1) is 5.92 Å². The van der Waals surface area contributed by atoms with Crippen LogP contribution in [0.1, 0.15) is 52.2 Å². The first kappa shape index (κ1) is 14.4. The highest BCUT2D eigenvalue weighted by Gasteiger charge is 2.31. The average Bonchev–Trinajstić information content (AvgIpc) is 2.64. The summed E-state index contributed by atoms with van der Waals surface area (Å²) < 4.78 is 6.11. The predicted octanol–water partition coefficient (Wildman–Crippen LogP) is 3.92. The minimum Gasteiger partial charge on any atom is -0.487 e. The highest BCUT2D eigenvalue weighted by Crippen LogP contribution is 2.37. The second kappa shape index (κ2) is 5.54. The van der Waals surface area contributed by atoms with Crippen LogP contribution >= 0.6 is 0 Å². The van der Waals surface area contributed by atoms with E-state index in [4.69, 9.17) is 4.74 Å². The van der Waals surface area contributed by atoms with Crippen molar-refractivity contribution >= 4 is 0 Å². The fourth-order valence-corrected chi connectivity index (χ4v) is 2.91. The van der Waals surface area contributed by atoms with Gasteiger partial charge in [0.15, 0.2) is 0 Å². The van der Waals surface area contributed by atoms with Crippen LogP contribution in [0.15, 0.2) is 18.2 Å². The molecule has 0 spiro atoms. The number of benzene rings is 1. The first-order valence-electron chi connectivity index (χ1n) is 7.46. The Kier molecular flexibility index (Phi) is 4.19. The topological polar surface area (TPSA) is 21.3 Å². The van der Waals surface area contributed by atoms with E-state index in [9.17, 15) is 0 Å². The van der Waals surface area contributed by atoms with Crippen molar-refractivity contribution in [2.75, 3.05) is 0 Å². The average molecular weight is 261 g/mol. The Hall–Kier alpha value is -1.02. The van der Waals surface area contributed by atoms with Gasteiger partial charge >= 0.3 is 0 Å². The van der Waals surface area contributed by atoms with Crippen molar-refractivity contribution in [1.82, 2.24) is 5.32 Å². The van der Waals surface area contributed by atoms with Crippen LogP contribution in [0.2, 0.25) is 0 Å². The molecule has 1 aromatic carbocycles. The zero-order valence-corrected chi connectivity index (χ0v) is 12.9. The molecule has 1 atom stereocenters. The highest BCUT2D eigenvalue weighted by atomic mass is 16.5. The number of hydrogen-bond donors (Lipinski definition) is 1. The molecule has 1 aliphatic heterocycles. The van der Waals surface area contributed by atoms with Crippen LogP contribution in [-0.2, 0) is 13.0 Å². The molecular formula is C17H27NO. The van der Waals surface area contributed by atoms with Gasteiger partial charge in [-0.2, -0.15) is 0 Å². The van der Waals surface area contributed by atoms with Crippen LogP contribution < -0.4 is 10.1 Å². The zero-order chi connectivity index (χ0) is 14.0. The van der Waals surface area contributed by atoms with Gasteiger partial charge in [-0.3, -0.25) is 0 Å². The molecule has 19 heavy (non-hydrogen) atoms. The van der Waals surface area contributed by atoms with Gasteiger partial charge in [0.1, 0.15) is 11.4 Å². The predicted molar refractivity (Wildman–Crippen MR) is 80.6 cm³/mol. The molecule has 2 heteroatoms. The molecule has 106 valence electrons. The van der Waals surface area contributed by atoms with E-state index in [1.165, 1.54) is 17.5 Å². The zero-order valence-electron chi connectivity index (χ0n) is 12.9. The van der Waals surface area contributed by atoms with Gasteiger partial charge in [0.25, 0.3) is 0 Å². The molecule has 1 heterocycles. The van der Waals surface area contributed by atoms with E-state index in [0.717, 1.165) is 18.7 Å². The smallest absolute Gasteiger partial charge is 0.127 e. The minimum atomic E-state index is -0.0549. The van der Waals surface area contributed by atoms with Gasteiger partial charge in [0.05, 0.1) is 0 Å². The van der Waals surface area contributed by atoms with E-state index in [0.29, 0.717) is 12.0 Å². The van der Waals surface area contributed by atoms with Crippen molar-refractivity contribution in [3.05, 3.63) is 29.3 Å². The van der Waals surface area contributed by atoms with Crippen molar-refractivity contribution in [2.24, 2.45) is 5.92 Å². The van der Waals surface area contributed by atoms with Crippen LogP contribution in [0.4, 0.5) is 0 Å². The molecule has 0 saturated heterocycles. The van der Waals surface area contributed by atoms with Gasteiger partial charge in [0.2, 0.25) is 0 Å². The van der Waals surface area contributed by atoms with Gasteiger partial charge in [-0.05, 0) is 31.7 Å². The third kappa shape index (κ3) is 3.30. The van der Waals surface area contributed by atoms with Crippen LogP contribution in [0.3, 0.4) is 0 Å². The number of hydrogen-bond acceptors (Lipinski definition) is 2. The largest absolute Gasteiger partial charge is 0.487 e. The molecule has 2 nitrogen and oxygen atoms in total. The summed E-state index contributed by atoms with van der Waals surface area (Å²) in [7, 11) is 0. The van der Waals surface area contributed by atoms with Crippen LogP contribution in [-0.4, -0.2) is 11.6 Å². The van der Waals surface area contributed by atoms with Crippen molar-refractivity contribution < 1.29 is 4.74 Å². The first-order valence-corrected chi connectivity index (χ1v) is 7.46. The summed E-state index contributed by atoms with van der Waals surface area (Å²) in [5.74, 6) is 1.78. The van der Waals surface area contributed by atoms with E-state index in [1.54, 1.807) is 0 Å². The SMILES string of the molecule is CCC(NCc1cccc2c1OC(C)(C)C2)C(C)C. The van der Waals surface area contributed by atoms with Crippen molar-refractivity contribution in [3.8, 4) is 5.75 Å². The van der Waals surface area contributed by atoms with E-state index in [-0.39, 0.29) is 5.60 Å². The maximum Gasteiger partial charge on any atom is 0.127 e. The second-order valence-electron chi connectivity index (χ2n) is 6.58. The minimum absolute atomic E-state index is 0.0549. The lowest BCUT2D eigenvalue weighted by atomic mass is 9.99. The third-order valence-corrected chi connectivity index (χ3v) is 3.97. The highest BCUT2D eigenvalue weighted by molar-refractivity contribution is 5.45. The molecule has 0 radical (unpaired) electrons. The Morgan fingerprint density at radius 3 is 2.68 bits per heavy atom. The van der Waals surface area contributed by atoms with E-state index in [2.05, 4.69) is 58.1 Å². The molecule has 0 aromatic heterocycles. The molecule has 0 amide bonds. The molecule has 1 aromatic rings. The summed E-state index contributed by atoms with van der Waals surface area (Å²) in [5.41, 5.74) is 2.59. The summed E-state index contributed by atoms with van der Waals surface area (Å²) in [6.07, 6.45) is 2.18. The number of ether oxygens (including phenoxy) is 1. The van der Waals surface area contributed by atoms with Crippen LogP contribution in [0.25, 0.3) is 0 Å². The number of fused-ring (bicyclic) bond motifs is 1. The molecule has 2 rings (SSSR count). The molecule has 0 bridgehead atoms. The Bertz CT molecular complexity index is 437. The normalized spacial score (nSPS) is 18.2. The van der Waals surface area contributed by atoms with Crippen molar-refractivity contribution in [2.45, 2.75) is 65.6 Å². The lowest BCUT2D eigenvalue weighted by molar-refractivity contribution is 0.137. The monoisotopic (exact) mass is 261 g/mol. The summed E-state index contributed by atoms with van der Waals surface area (Å²) in [6.45, 7) is 12.0. The van der Waals surface area contributed by atoms with Crippen LogP contribution in [0.5, 0.6) is 5.75 Å².